The number of anilines is 2. The monoisotopic (exact) mass is 454 g/mol. The second-order valence-corrected chi connectivity index (χ2v) is 9.31. The Kier molecular flexibility index (Phi) is 5.94. The number of hydrogen-bond donors (Lipinski definition) is 2. The molecule has 2 heterocycles. The first-order valence-electron chi connectivity index (χ1n) is 10.8. The van der Waals surface area contributed by atoms with Crippen LogP contribution in [0.4, 0.5) is 20.3 Å². The molecule has 0 spiro atoms. The molecule has 33 heavy (non-hydrogen) atoms. The number of halogens is 2. The first kappa shape index (κ1) is 22.9. The van der Waals surface area contributed by atoms with Crippen LogP contribution in [-0.2, 0) is 17.9 Å². The fourth-order valence-corrected chi connectivity index (χ4v) is 3.84. The van der Waals surface area contributed by atoms with Gasteiger partial charge in [-0.15, -0.1) is 0 Å². The largest absolute Gasteiger partial charge is 0.332 e. The molecule has 1 aliphatic rings. The summed E-state index contributed by atoms with van der Waals surface area (Å²) in [7, 11) is 0. The van der Waals surface area contributed by atoms with Gasteiger partial charge in [-0.25, -0.2) is 19.6 Å². The van der Waals surface area contributed by atoms with Crippen molar-refractivity contribution in [3.05, 3.63) is 66.0 Å². The summed E-state index contributed by atoms with van der Waals surface area (Å²) in [4.78, 5) is 19.5. The van der Waals surface area contributed by atoms with Crippen LogP contribution in [0.5, 0.6) is 0 Å². The van der Waals surface area contributed by atoms with Crippen molar-refractivity contribution in [2.45, 2.75) is 39.9 Å². The SMILES string of the molecule is CC(C)(C)[C@H](N)C(=O)N1CCn2c(nc(-c3ccc(F)cc3)c2N(N)c2ccc(F)cc2)C1. The summed E-state index contributed by atoms with van der Waals surface area (Å²) in [5.41, 5.74) is 7.63. The van der Waals surface area contributed by atoms with Crippen molar-refractivity contribution in [2.24, 2.45) is 17.0 Å². The van der Waals surface area contributed by atoms with Crippen molar-refractivity contribution >= 4 is 17.4 Å². The van der Waals surface area contributed by atoms with E-state index >= 15 is 0 Å². The lowest BCUT2D eigenvalue weighted by Crippen LogP contribution is -2.52. The second-order valence-electron chi connectivity index (χ2n) is 9.31. The predicted octanol–water partition coefficient (Wildman–Crippen LogP) is 3.56. The highest BCUT2D eigenvalue weighted by Crippen LogP contribution is 2.36. The summed E-state index contributed by atoms with van der Waals surface area (Å²) >= 11 is 0. The molecule has 0 radical (unpaired) electrons. The molecule has 0 saturated carbocycles. The molecule has 1 aliphatic heterocycles. The molecular weight excluding hydrogens is 426 g/mol. The first-order valence-corrected chi connectivity index (χ1v) is 10.8. The average molecular weight is 455 g/mol. The van der Waals surface area contributed by atoms with E-state index in [9.17, 15) is 13.6 Å². The molecule has 0 saturated heterocycles. The third kappa shape index (κ3) is 4.46. The quantitative estimate of drug-likeness (QED) is 0.465. The van der Waals surface area contributed by atoms with Gasteiger partial charge in [-0.2, -0.15) is 0 Å². The van der Waals surface area contributed by atoms with E-state index in [2.05, 4.69) is 0 Å². The van der Waals surface area contributed by atoms with Gasteiger partial charge in [-0.3, -0.25) is 9.80 Å². The smallest absolute Gasteiger partial charge is 0.240 e. The van der Waals surface area contributed by atoms with Gasteiger partial charge in [0.05, 0.1) is 18.3 Å². The Balaban J connectivity index is 1.75. The van der Waals surface area contributed by atoms with Crippen LogP contribution in [0.25, 0.3) is 11.3 Å². The Morgan fingerprint density at radius 2 is 1.61 bits per heavy atom. The Morgan fingerprint density at radius 1 is 1.03 bits per heavy atom. The number of carbonyl (C=O) groups is 1. The van der Waals surface area contributed by atoms with Crippen molar-refractivity contribution in [3.8, 4) is 11.3 Å². The Bertz CT molecular complexity index is 1150. The highest BCUT2D eigenvalue weighted by atomic mass is 19.1. The lowest BCUT2D eigenvalue weighted by Gasteiger charge is -2.35. The zero-order valence-corrected chi connectivity index (χ0v) is 18.9. The van der Waals surface area contributed by atoms with Crippen molar-refractivity contribution in [3.63, 3.8) is 0 Å². The summed E-state index contributed by atoms with van der Waals surface area (Å²) < 4.78 is 28.9. The molecule has 0 aliphatic carbocycles. The predicted molar refractivity (Wildman–Crippen MR) is 123 cm³/mol. The van der Waals surface area contributed by atoms with Gasteiger partial charge in [0.15, 0.2) is 5.82 Å². The number of nitrogens with zero attached hydrogens (tertiary/aromatic N) is 4. The van der Waals surface area contributed by atoms with Crippen LogP contribution in [0.1, 0.15) is 26.6 Å². The maximum Gasteiger partial charge on any atom is 0.240 e. The molecule has 0 unspecified atom stereocenters. The van der Waals surface area contributed by atoms with E-state index in [4.69, 9.17) is 16.6 Å². The van der Waals surface area contributed by atoms with Gasteiger partial charge in [0.1, 0.15) is 23.2 Å². The fourth-order valence-electron chi connectivity index (χ4n) is 3.84. The van der Waals surface area contributed by atoms with E-state index in [0.29, 0.717) is 41.7 Å². The number of aromatic nitrogens is 2. The normalized spacial score (nSPS) is 14.7. The second kappa shape index (κ2) is 8.57. The maximum absolute atomic E-state index is 13.6. The number of fused-ring (bicyclic) bond motifs is 1. The number of amides is 1. The molecule has 4 N–H and O–H groups in total. The van der Waals surface area contributed by atoms with Gasteiger partial charge >= 0.3 is 0 Å². The minimum Gasteiger partial charge on any atom is -0.332 e. The van der Waals surface area contributed by atoms with Gasteiger partial charge in [0.2, 0.25) is 5.91 Å². The molecule has 3 aromatic rings. The third-order valence-corrected chi connectivity index (χ3v) is 5.91. The van der Waals surface area contributed by atoms with E-state index in [1.54, 1.807) is 29.2 Å². The van der Waals surface area contributed by atoms with Gasteiger partial charge in [-0.1, -0.05) is 20.8 Å². The zero-order chi connectivity index (χ0) is 23.9. The molecule has 0 fully saturated rings. The lowest BCUT2D eigenvalue weighted by atomic mass is 9.86. The van der Waals surface area contributed by atoms with E-state index in [1.165, 1.54) is 29.3 Å². The maximum atomic E-state index is 13.6. The van der Waals surface area contributed by atoms with Crippen LogP contribution < -0.4 is 16.6 Å². The molecule has 2 aromatic carbocycles. The van der Waals surface area contributed by atoms with Crippen LogP contribution in [-0.4, -0.2) is 32.9 Å². The number of carbonyl (C=O) groups excluding carboxylic acids is 1. The minimum absolute atomic E-state index is 0.134. The van der Waals surface area contributed by atoms with Crippen LogP contribution in [0.2, 0.25) is 0 Å². The Labute approximate surface area is 191 Å². The summed E-state index contributed by atoms with van der Waals surface area (Å²) in [6.07, 6.45) is 0. The molecule has 7 nitrogen and oxygen atoms in total. The van der Waals surface area contributed by atoms with Crippen molar-refractivity contribution < 1.29 is 13.6 Å². The fraction of sp³-hybridized carbons (Fsp3) is 0.333. The number of rotatable bonds is 4. The standard InChI is InChI=1S/C24H28F2N6O/c1-24(2,3)21(27)23(33)30-12-13-31-19(14-30)29-20(15-4-6-16(25)7-5-15)22(31)32(28)18-10-8-17(26)9-11-18/h4-11,21H,12-14,27-28H2,1-3H3/t21-/m1/s1. The van der Waals surface area contributed by atoms with Crippen LogP contribution >= 0.6 is 0 Å². The van der Waals surface area contributed by atoms with Gasteiger partial charge in [0.25, 0.3) is 0 Å². The van der Waals surface area contributed by atoms with Crippen LogP contribution in [0, 0.1) is 17.0 Å². The van der Waals surface area contributed by atoms with Crippen molar-refractivity contribution in [1.29, 1.82) is 0 Å². The first-order chi connectivity index (χ1) is 15.6. The number of hydrazine groups is 1. The molecule has 174 valence electrons. The Morgan fingerprint density at radius 3 is 2.18 bits per heavy atom. The highest BCUT2D eigenvalue weighted by molar-refractivity contribution is 5.83. The topological polar surface area (TPSA) is 93.4 Å². The third-order valence-electron chi connectivity index (χ3n) is 5.91. The number of hydrogen-bond acceptors (Lipinski definition) is 5. The summed E-state index contributed by atoms with van der Waals surface area (Å²) in [5, 5.41) is 1.44. The molecule has 9 heteroatoms. The summed E-state index contributed by atoms with van der Waals surface area (Å²) in [6.45, 7) is 6.96. The number of benzene rings is 2. The van der Waals surface area contributed by atoms with Crippen molar-refractivity contribution in [2.75, 3.05) is 11.6 Å². The van der Waals surface area contributed by atoms with Crippen molar-refractivity contribution in [1.82, 2.24) is 14.5 Å². The molecule has 1 aromatic heterocycles. The van der Waals surface area contributed by atoms with Crippen LogP contribution in [0.3, 0.4) is 0 Å². The van der Waals surface area contributed by atoms with Crippen LogP contribution in [0.15, 0.2) is 48.5 Å². The zero-order valence-electron chi connectivity index (χ0n) is 18.9. The number of imidazole rings is 1. The van der Waals surface area contributed by atoms with E-state index in [1.807, 2.05) is 25.3 Å². The lowest BCUT2D eigenvalue weighted by molar-refractivity contribution is -0.136. The average Bonchev–Trinajstić information content (AvgIpc) is 3.16. The minimum atomic E-state index is -0.639. The van der Waals surface area contributed by atoms with Gasteiger partial charge in [-0.05, 0) is 53.9 Å². The molecule has 4 rings (SSSR count). The van der Waals surface area contributed by atoms with Gasteiger partial charge < -0.3 is 15.2 Å². The highest BCUT2D eigenvalue weighted by Gasteiger charge is 2.35. The van der Waals surface area contributed by atoms with Gasteiger partial charge in [0, 0.05) is 18.7 Å². The molecular formula is C24H28F2N6O. The molecule has 1 atom stereocenters. The molecule has 1 amide bonds. The number of nitrogens with two attached hydrogens (primary N) is 2. The summed E-state index contributed by atoms with van der Waals surface area (Å²) in [6, 6.07) is 11.1. The summed E-state index contributed by atoms with van der Waals surface area (Å²) in [5.74, 6) is 6.83. The Hall–Kier alpha value is -3.30. The van der Waals surface area contributed by atoms with E-state index in [0.717, 1.165) is 0 Å². The van der Waals surface area contributed by atoms with E-state index in [-0.39, 0.29) is 29.5 Å². The molecule has 0 bridgehead atoms. The van der Waals surface area contributed by atoms with E-state index < -0.39 is 6.04 Å².